The number of amides is 1. The van der Waals surface area contributed by atoms with E-state index in [9.17, 15) is 4.79 Å². The van der Waals surface area contributed by atoms with Crippen LogP contribution in [-0.2, 0) is 4.74 Å². The standard InChI is InChI=1S/C9H8N2O2S/c1-13-9(12)11-6-3-2-4-7-8(6)10-5-14-7/h2-5H,1H3,(H,11,12). The summed E-state index contributed by atoms with van der Waals surface area (Å²) in [6.07, 6.45) is -0.481. The normalized spacial score (nSPS) is 10.1. The van der Waals surface area contributed by atoms with Gasteiger partial charge in [0, 0.05) is 0 Å². The number of fused-ring (bicyclic) bond motifs is 1. The van der Waals surface area contributed by atoms with Gasteiger partial charge in [0.15, 0.2) is 0 Å². The molecule has 0 aliphatic carbocycles. The molecule has 72 valence electrons. The molecule has 1 aromatic heterocycles. The van der Waals surface area contributed by atoms with E-state index in [-0.39, 0.29) is 0 Å². The van der Waals surface area contributed by atoms with Crippen LogP contribution in [0.5, 0.6) is 0 Å². The molecule has 0 saturated heterocycles. The number of nitrogens with one attached hydrogen (secondary N) is 1. The van der Waals surface area contributed by atoms with Gasteiger partial charge >= 0.3 is 6.09 Å². The summed E-state index contributed by atoms with van der Waals surface area (Å²) in [4.78, 5) is 15.1. The van der Waals surface area contributed by atoms with Crippen LogP contribution in [0.3, 0.4) is 0 Å². The molecule has 2 aromatic rings. The fourth-order valence-corrected chi connectivity index (χ4v) is 1.85. The smallest absolute Gasteiger partial charge is 0.411 e. The van der Waals surface area contributed by atoms with Crippen LogP contribution in [0, 0.1) is 0 Å². The monoisotopic (exact) mass is 208 g/mol. The number of anilines is 1. The fourth-order valence-electron chi connectivity index (χ4n) is 1.15. The zero-order valence-corrected chi connectivity index (χ0v) is 8.30. The molecule has 0 spiro atoms. The van der Waals surface area contributed by atoms with Gasteiger partial charge in [0.25, 0.3) is 0 Å². The van der Waals surface area contributed by atoms with Crippen molar-refractivity contribution in [1.82, 2.24) is 4.98 Å². The summed E-state index contributed by atoms with van der Waals surface area (Å²) in [7, 11) is 1.33. The van der Waals surface area contributed by atoms with Crippen LogP contribution in [-0.4, -0.2) is 18.2 Å². The second-order valence-electron chi connectivity index (χ2n) is 2.62. The first-order chi connectivity index (χ1) is 6.81. The first-order valence-electron chi connectivity index (χ1n) is 3.98. The molecule has 0 saturated carbocycles. The van der Waals surface area contributed by atoms with Crippen molar-refractivity contribution >= 4 is 33.3 Å². The van der Waals surface area contributed by atoms with Gasteiger partial charge in [0.05, 0.1) is 23.0 Å². The molecule has 0 atom stereocenters. The maximum Gasteiger partial charge on any atom is 0.411 e. The highest BCUT2D eigenvalue weighted by molar-refractivity contribution is 7.16. The second kappa shape index (κ2) is 3.63. The molecular weight excluding hydrogens is 200 g/mol. The Kier molecular flexibility index (Phi) is 2.32. The maximum absolute atomic E-state index is 11.0. The average molecular weight is 208 g/mol. The van der Waals surface area contributed by atoms with Crippen LogP contribution < -0.4 is 5.32 Å². The molecule has 1 amide bonds. The number of hydrogen-bond acceptors (Lipinski definition) is 4. The lowest BCUT2D eigenvalue weighted by Gasteiger charge is -2.03. The lowest BCUT2D eigenvalue weighted by Crippen LogP contribution is -2.11. The van der Waals surface area contributed by atoms with Gasteiger partial charge in [-0.25, -0.2) is 9.78 Å². The minimum atomic E-state index is -0.481. The Bertz CT molecular complexity index is 467. The molecule has 0 radical (unpaired) electrons. The summed E-state index contributed by atoms with van der Waals surface area (Å²) >= 11 is 1.53. The van der Waals surface area contributed by atoms with Crippen molar-refractivity contribution in [2.45, 2.75) is 0 Å². The summed E-state index contributed by atoms with van der Waals surface area (Å²) < 4.78 is 5.55. The van der Waals surface area contributed by atoms with Crippen LogP contribution >= 0.6 is 11.3 Å². The van der Waals surface area contributed by atoms with E-state index in [2.05, 4.69) is 15.0 Å². The van der Waals surface area contributed by atoms with Crippen molar-refractivity contribution in [3.63, 3.8) is 0 Å². The van der Waals surface area contributed by atoms with Gasteiger partial charge in [0.1, 0.15) is 5.52 Å². The highest BCUT2D eigenvalue weighted by atomic mass is 32.1. The van der Waals surface area contributed by atoms with Crippen molar-refractivity contribution in [2.24, 2.45) is 0 Å². The molecule has 5 heteroatoms. The number of thiazole rings is 1. The summed E-state index contributed by atoms with van der Waals surface area (Å²) in [6.45, 7) is 0. The average Bonchev–Trinajstić information content (AvgIpc) is 2.66. The predicted octanol–water partition coefficient (Wildman–Crippen LogP) is 2.47. The molecule has 1 heterocycles. The van der Waals surface area contributed by atoms with Crippen molar-refractivity contribution in [2.75, 3.05) is 12.4 Å². The summed E-state index contributed by atoms with van der Waals surface area (Å²) in [5.74, 6) is 0. The zero-order chi connectivity index (χ0) is 9.97. The number of rotatable bonds is 1. The summed E-state index contributed by atoms with van der Waals surface area (Å²) in [6, 6.07) is 5.61. The molecule has 0 fully saturated rings. The van der Waals surface area contributed by atoms with Crippen LogP contribution in [0.1, 0.15) is 0 Å². The van der Waals surface area contributed by atoms with E-state index in [1.54, 1.807) is 11.6 Å². The number of aromatic nitrogens is 1. The van der Waals surface area contributed by atoms with Crippen LogP contribution in [0.15, 0.2) is 23.7 Å². The van der Waals surface area contributed by atoms with Gasteiger partial charge in [0.2, 0.25) is 0 Å². The van der Waals surface area contributed by atoms with E-state index in [0.29, 0.717) is 5.69 Å². The minimum absolute atomic E-state index is 0.481. The number of carbonyl (C=O) groups excluding carboxylic acids is 1. The number of hydrogen-bond donors (Lipinski definition) is 1. The van der Waals surface area contributed by atoms with E-state index >= 15 is 0 Å². The molecule has 0 aliphatic rings. The first kappa shape index (κ1) is 8.96. The topological polar surface area (TPSA) is 51.2 Å². The highest BCUT2D eigenvalue weighted by Crippen LogP contribution is 2.24. The van der Waals surface area contributed by atoms with E-state index in [1.807, 2.05) is 12.1 Å². The van der Waals surface area contributed by atoms with Crippen molar-refractivity contribution in [3.05, 3.63) is 23.7 Å². The minimum Gasteiger partial charge on any atom is -0.453 e. The van der Waals surface area contributed by atoms with Crippen molar-refractivity contribution in [1.29, 1.82) is 0 Å². The lowest BCUT2D eigenvalue weighted by molar-refractivity contribution is 0.187. The van der Waals surface area contributed by atoms with Crippen LogP contribution in [0.2, 0.25) is 0 Å². The van der Waals surface area contributed by atoms with Crippen LogP contribution in [0.25, 0.3) is 10.2 Å². The Labute approximate surface area is 84.5 Å². The van der Waals surface area contributed by atoms with Gasteiger partial charge in [-0.3, -0.25) is 5.32 Å². The first-order valence-corrected chi connectivity index (χ1v) is 4.86. The number of ether oxygens (including phenoxy) is 1. The van der Waals surface area contributed by atoms with Gasteiger partial charge < -0.3 is 4.74 Å². The Morgan fingerprint density at radius 3 is 3.21 bits per heavy atom. The van der Waals surface area contributed by atoms with Gasteiger partial charge in [-0.05, 0) is 12.1 Å². The lowest BCUT2D eigenvalue weighted by atomic mass is 10.3. The maximum atomic E-state index is 11.0. The van der Waals surface area contributed by atoms with E-state index < -0.39 is 6.09 Å². The molecule has 0 unspecified atom stereocenters. The molecule has 0 bridgehead atoms. The fraction of sp³-hybridized carbons (Fsp3) is 0.111. The van der Waals surface area contributed by atoms with E-state index in [1.165, 1.54) is 18.4 Å². The molecule has 4 nitrogen and oxygen atoms in total. The summed E-state index contributed by atoms with van der Waals surface area (Å²) in [5, 5.41) is 2.60. The second-order valence-corrected chi connectivity index (χ2v) is 3.51. The Balaban J connectivity index is 2.41. The molecule has 1 N–H and O–H groups in total. The Hall–Kier alpha value is -1.62. The SMILES string of the molecule is COC(=O)Nc1cccc2scnc12. The predicted molar refractivity (Wildman–Crippen MR) is 55.6 cm³/mol. The van der Waals surface area contributed by atoms with E-state index in [4.69, 9.17) is 0 Å². The van der Waals surface area contributed by atoms with Gasteiger partial charge in [-0.15, -0.1) is 11.3 Å². The number of carbonyl (C=O) groups is 1. The van der Waals surface area contributed by atoms with Crippen LogP contribution in [0.4, 0.5) is 10.5 Å². The van der Waals surface area contributed by atoms with E-state index in [0.717, 1.165) is 10.2 Å². The van der Waals surface area contributed by atoms with Gasteiger partial charge in [-0.1, -0.05) is 6.07 Å². The molecule has 14 heavy (non-hydrogen) atoms. The quantitative estimate of drug-likeness (QED) is 0.783. The Morgan fingerprint density at radius 2 is 2.43 bits per heavy atom. The zero-order valence-electron chi connectivity index (χ0n) is 7.48. The third kappa shape index (κ3) is 1.54. The van der Waals surface area contributed by atoms with Gasteiger partial charge in [-0.2, -0.15) is 0 Å². The van der Waals surface area contributed by atoms with Crippen molar-refractivity contribution < 1.29 is 9.53 Å². The number of nitrogens with zero attached hydrogens (tertiary/aromatic N) is 1. The molecule has 2 rings (SSSR count). The molecular formula is C9H8N2O2S. The Morgan fingerprint density at radius 1 is 1.57 bits per heavy atom. The molecule has 0 aliphatic heterocycles. The number of para-hydroxylation sites is 1. The third-order valence-electron chi connectivity index (χ3n) is 1.78. The summed E-state index contributed by atoms with van der Waals surface area (Å²) in [5.41, 5.74) is 3.21. The third-order valence-corrected chi connectivity index (χ3v) is 2.58. The van der Waals surface area contributed by atoms with Crippen molar-refractivity contribution in [3.8, 4) is 0 Å². The molecule has 1 aromatic carbocycles. The number of methoxy groups -OCH3 is 1. The highest BCUT2D eigenvalue weighted by Gasteiger charge is 2.06. The largest absolute Gasteiger partial charge is 0.453 e. The number of benzene rings is 1.